The summed E-state index contributed by atoms with van der Waals surface area (Å²) in [4.78, 5) is 10.8. The van der Waals surface area contributed by atoms with Crippen LogP contribution in [0, 0.1) is 0 Å². The molecule has 0 aliphatic carbocycles. The van der Waals surface area contributed by atoms with E-state index in [0.717, 1.165) is 19.3 Å². The molecule has 21 heavy (non-hydrogen) atoms. The molecule has 0 aromatic carbocycles. The number of rotatable bonds is 14. The van der Waals surface area contributed by atoms with E-state index in [2.05, 4.69) is 19.1 Å². The van der Waals surface area contributed by atoms with Crippen LogP contribution in [-0.2, 0) is 9.53 Å². The van der Waals surface area contributed by atoms with Crippen LogP contribution in [0.5, 0.6) is 0 Å². The molecule has 1 rings (SSSR count). The molecular weight excluding hydrogens is 260 g/mol. The van der Waals surface area contributed by atoms with Gasteiger partial charge in [0.15, 0.2) is 0 Å². The highest BCUT2D eigenvalue weighted by atomic mass is 16.6. The maximum atomic E-state index is 10.8. The summed E-state index contributed by atoms with van der Waals surface area (Å²) in [5, 5.41) is 0. The highest BCUT2D eigenvalue weighted by molar-refractivity contribution is 5.75. The van der Waals surface area contributed by atoms with Crippen molar-refractivity contribution in [1.29, 1.82) is 0 Å². The van der Waals surface area contributed by atoms with E-state index < -0.39 is 0 Å². The number of epoxide rings is 1. The Kier molecular flexibility index (Phi) is 10.5. The van der Waals surface area contributed by atoms with Crippen molar-refractivity contribution >= 4 is 5.78 Å². The van der Waals surface area contributed by atoms with E-state index in [1.807, 2.05) is 0 Å². The van der Waals surface area contributed by atoms with Crippen molar-refractivity contribution in [3.63, 3.8) is 0 Å². The zero-order valence-corrected chi connectivity index (χ0v) is 14.1. The molecule has 0 aromatic rings. The predicted molar refractivity (Wildman–Crippen MR) is 89.6 cm³/mol. The van der Waals surface area contributed by atoms with Crippen LogP contribution in [-0.4, -0.2) is 18.0 Å². The second-order valence-corrected chi connectivity index (χ2v) is 6.42. The summed E-state index contributed by atoms with van der Waals surface area (Å²) in [6, 6.07) is 0. The van der Waals surface area contributed by atoms with Crippen LogP contribution in [0.2, 0.25) is 0 Å². The summed E-state index contributed by atoms with van der Waals surface area (Å²) in [5.74, 6) is 0.326. The van der Waals surface area contributed by atoms with Crippen molar-refractivity contribution in [2.75, 3.05) is 0 Å². The fraction of sp³-hybridized carbons (Fsp3) is 0.842. The highest BCUT2D eigenvalue weighted by Crippen LogP contribution is 2.30. The molecule has 0 radical (unpaired) electrons. The lowest BCUT2D eigenvalue weighted by Gasteiger charge is -1.99. The summed E-state index contributed by atoms with van der Waals surface area (Å²) in [6.07, 6.45) is 20.1. The standard InChI is InChI=1S/C19H34O2/c1-3-4-5-6-9-12-15-18-19(21-18)16-13-10-7-8-11-14-17(2)20/h9,12,18-19H,3-8,10-11,13-16H2,1-2H3/b12-9-. The second kappa shape index (κ2) is 12.0. The third-order valence-corrected chi connectivity index (χ3v) is 4.21. The fourth-order valence-corrected chi connectivity index (χ4v) is 2.75. The molecule has 2 nitrogen and oxygen atoms in total. The lowest BCUT2D eigenvalue weighted by molar-refractivity contribution is -0.117. The zero-order chi connectivity index (χ0) is 15.3. The molecular formula is C19H34O2. The molecule has 0 spiro atoms. The van der Waals surface area contributed by atoms with E-state index in [0.29, 0.717) is 18.0 Å². The average molecular weight is 294 g/mol. The normalized spacial score (nSPS) is 21.0. The SMILES string of the molecule is CCCCC/C=C\CC1OC1CCCCCCCC(C)=O. The van der Waals surface area contributed by atoms with E-state index >= 15 is 0 Å². The molecule has 2 unspecified atom stereocenters. The van der Waals surface area contributed by atoms with Crippen molar-refractivity contribution in [1.82, 2.24) is 0 Å². The van der Waals surface area contributed by atoms with Crippen LogP contribution in [0.15, 0.2) is 12.2 Å². The van der Waals surface area contributed by atoms with Gasteiger partial charge in [0.2, 0.25) is 0 Å². The molecule has 0 saturated carbocycles. The molecule has 2 atom stereocenters. The van der Waals surface area contributed by atoms with Crippen LogP contribution in [0.1, 0.15) is 90.9 Å². The number of carbonyl (C=O) groups is 1. The van der Waals surface area contributed by atoms with Gasteiger partial charge in [-0.25, -0.2) is 0 Å². The average Bonchev–Trinajstić information content (AvgIpc) is 3.20. The molecule has 122 valence electrons. The maximum Gasteiger partial charge on any atom is 0.129 e. The van der Waals surface area contributed by atoms with Crippen LogP contribution < -0.4 is 0 Å². The van der Waals surface area contributed by atoms with E-state index in [-0.39, 0.29) is 0 Å². The first-order chi connectivity index (χ1) is 10.2. The van der Waals surface area contributed by atoms with Crippen LogP contribution >= 0.6 is 0 Å². The Hall–Kier alpha value is -0.630. The number of ether oxygens (including phenoxy) is 1. The number of ketones is 1. The fourth-order valence-electron chi connectivity index (χ4n) is 2.75. The molecule has 0 bridgehead atoms. The Morgan fingerprint density at radius 1 is 0.952 bits per heavy atom. The molecule has 1 aliphatic rings. The van der Waals surface area contributed by atoms with Gasteiger partial charge in [-0.2, -0.15) is 0 Å². The van der Waals surface area contributed by atoms with Crippen LogP contribution in [0.4, 0.5) is 0 Å². The molecule has 1 aliphatic heterocycles. The summed E-state index contributed by atoms with van der Waals surface area (Å²) in [7, 11) is 0. The monoisotopic (exact) mass is 294 g/mol. The highest BCUT2D eigenvalue weighted by Gasteiger charge is 2.36. The molecule has 0 amide bonds. The first-order valence-electron chi connectivity index (χ1n) is 9.04. The maximum absolute atomic E-state index is 10.8. The second-order valence-electron chi connectivity index (χ2n) is 6.42. The molecule has 1 fully saturated rings. The molecule has 1 heterocycles. The van der Waals surface area contributed by atoms with Crippen molar-refractivity contribution in [3.8, 4) is 0 Å². The van der Waals surface area contributed by atoms with Gasteiger partial charge >= 0.3 is 0 Å². The van der Waals surface area contributed by atoms with Crippen molar-refractivity contribution in [3.05, 3.63) is 12.2 Å². The third kappa shape index (κ3) is 10.7. The van der Waals surface area contributed by atoms with Gasteiger partial charge in [-0.1, -0.05) is 57.6 Å². The number of Topliss-reactive ketones (excluding diaryl/α,β-unsaturated/α-hetero) is 1. The lowest BCUT2D eigenvalue weighted by atomic mass is 10.1. The van der Waals surface area contributed by atoms with Gasteiger partial charge in [0, 0.05) is 6.42 Å². The topological polar surface area (TPSA) is 29.6 Å². The minimum absolute atomic E-state index is 0.326. The van der Waals surface area contributed by atoms with Gasteiger partial charge in [0.1, 0.15) is 5.78 Å². The number of carbonyl (C=O) groups excluding carboxylic acids is 1. The van der Waals surface area contributed by atoms with E-state index in [1.165, 1.54) is 57.8 Å². The number of allylic oxidation sites excluding steroid dienone is 1. The van der Waals surface area contributed by atoms with Gasteiger partial charge < -0.3 is 9.53 Å². The zero-order valence-electron chi connectivity index (χ0n) is 14.1. The Balaban J connectivity index is 1.83. The predicted octanol–water partition coefficient (Wildman–Crippen LogP) is 5.60. The molecule has 1 saturated heterocycles. The van der Waals surface area contributed by atoms with Gasteiger partial charge in [0.05, 0.1) is 12.2 Å². The minimum atomic E-state index is 0.326. The van der Waals surface area contributed by atoms with E-state index in [4.69, 9.17) is 4.74 Å². The molecule has 0 N–H and O–H groups in total. The van der Waals surface area contributed by atoms with Gasteiger partial charge in [-0.3, -0.25) is 0 Å². The van der Waals surface area contributed by atoms with E-state index in [1.54, 1.807) is 6.92 Å². The first kappa shape index (κ1) is 18.4. The van der Waals surface area contributed by atoms with E-state index in [9.17, 15) is 4.79 Å². The summed E-state index contributed by atoms with van der Waals surface area (Å²) < 4.78 is 5.71. The smallest absolute Gasteiger partial charge is 0.129 e. The van der Waals surface area contributed by atoms with Gasteiger partial charge in [-0.05, 0) is 39.0 Å². The summed E-state index contributed by atoms with van der Waals surface area (Å²) in [5.41, 5.74) is 0. The first-order valence-corrected chi connectivity index (χ1v) is 9.04. The Bertz CT molecular complexity index is 296. The number of hydrogen-bond donors (Lipinski definition) is 0. The van der Waals surface area contributed by atoms with Crippen LogP contribution in [0.25, 0.3) is 0 Å². The Morgan fingerprint density at radius 3 is 2.48 bits per heavy atom. The van der Waals surface area contributed by atoms with Gasteiger partial charge in [-0.15, -0.1) is 0 Å². The minimum Gasteiger partial charge on any atom is -0.369 e. The largest absolute Gasteiger partial charge is 0.369 e. The molecule has 2 heteroatoms. The van der Waals surface area contributed by atoms with Crippen molar-refractivity contribution in [2.45, 2.75) is 103 Å². The summed E-state index contributed by atoms with van der Waals surface area (Å²) >= 11 is 0. The quantitative estimate of drug-likeness (QED) is 0.237. The number of unbranched alkanes of at least 4 members (excludes halogenated alkanes) is 7. The van der Waals surface area contributed by atoms with Gasteiger partial charge in [0.25, 0.3) is 0 Å². The van der Waals surface area contributed by atoms with Crippen LogP contribution in [0.3, 0.4) is 0 Å². The lowest BCUT2D eigenvalue weighted by Crippen LogP contribution is -1.93. The molecule has 0 aromatic heterocycles. The Morgan fingerprint density at radius 2 is 1.71 bits per heavy atom. The Labute approximate surface area is 131 Å². The third-order valence-electron chi connectivity index (χ3n) is 4.21. The van der Waals surface area contributed by atoms with Crippen molar-refractivity contribution in [2.24, 2.45) is 0 Å². The summed E-state index contributed by atoms with van der Waals surface area (Å²) in [6.45, 7) is 3.93. The number of hydrogen-bond acceptors (Lipinski definition) is 2. The van der Waals surface area contributed by atoms with Crippen molar-refractivity contribution < 1.29 is 9.53 Å².